The Bertz CT molecular complexity index is 2400. The zero-order valence-electron chi connectivity index (χ0n) is 28.3. The van der Waals surface area contributed by atoms with Crippen LogP contribution >= 0.6 is 0 Å². The highest BCUT2D eigenvalue weighted by molar-refractivity contribution is 5.80. The van der Waals surface area contributed by atoms with E-state index in [-0.39, 0.29) is 0 Å². The zero-order chi connectivity index (χ0) is 34.4. The second-order valence-corrected chi connectivity index (χ2v) is 12.7. The van der Waals surface area contributed by atoms with E-state index in [9.17, 15) is 0 Å². The van der Waals surface area contributed by atoms with Crippen LogP contribution in [-0.4, -0.2) is 9.97 Å². The number of rotatable bonds is 9. The average Bonchev–Trinajstić information content (AvgIpc) is 3.22. The summed E-state index contributed by atoms with van der Waals surface area (Å²) in [6.45, 7) is 3.90. The minimum atomic E-state index is 0.704. The predicted molar refractivity (Wildman–Crippen MR) is 214 cm³/mol. The molecule has 0 radical (unpaired) electrons. The lowest BCUT2D eigenvalue weighted by Gasteiger charge is -2.12. The van der Waals surface area contributed by atoms with Crippen molar-refractivity contribution in [3.63, 3.8) is 0 Å². The third kappa shape index (κ3) is 7.08. The molecule has 8 aromatic rings. The maximum atomic E-state index is 5.06. The Morgan fingerprint density at radius 3 is 1.08 bits per heavy atom. The number of hydrogen-bond donors (Lipinski definition) is 0. The van der Waals surface area contributed by atoms with Gasteiger partial charge >= 0.3 is 0 Å². The zero-order valence-corrected chi connectivity index (χ0v) is 28.3. The van der Waals surface area contributed by atoms with Crippen LogP contribution in [-0.2, 0) is 6.42 Å². The Morgan fingerprint density at radius 1 is 0.333 bits per heavy atom. The maximum Gasteiger partial charge on any atom is 0.160 e. The highest BCUT2D eigenvalue weighted by Crippen LogP contribution is 2.34. The quantitative estimate of drug-likeness (QED) is 0.145. The van der Waals surface area contributed by atoms with E-state index in [2.05, 4.69) is 158 Å². The van der Waals surface area contributed by atoms with E-state index in [0.717, 1.165) is 45.6 Å². The summed E-state index contributed by atoms with van der Waals surface area (Å²) in [5.41, 5.74) is 15.6. The van der Waals surface area contributed by atoms with Gasteiger partial charge in [-0.05, 0) is 86.8 Å². The summed E-state index contributed by atoms with van der Waals surface area (Å²) in [7, 11) is 0. The molecular formula is C49H36N2. The summed E-state index contributed by atoms with van der Waals surface area (Å²) in [4.78, 5) is 10.1. The Labute approximate surface area is 300 Å². The van der Waals surface area contributed by atoms with E-state index in [1.54, 1.807) is 0 Å². The molecule has 0 unspecified atom stereocenters. The molecule has 0 N–H and O–H groups in total. The highest BCUT2D eigenvalue weighted by atomic mass is 14.9. The molecule has 0 fully saturated rings. The number of aromatic nitrogens is 2. The Kier molecular flexibility index (Phi) is 8.96. The molecule has 1 aromatic heterocycles. The molecule has 0 aliphatic heterocycles. The molecule has 0 saturated carbocycles. The van der Waals surface area contributed by atoms with Crippen molar-refractivity contribution in [1.29, 1.82) is 0 Å². The molecule has 242 valence electrons. The summed E-state index contributed by atoms with van der Waals surface area (Å²) in [5, 5.41) is 0. The van der Waals surface area contributed by atoms with Crippen LogP contribution in [0.2, 0.25) is 0 Å². The summed E-state index contributed by atoms with van der Waals surface area (Å²) in [6.07, 6.45) is 2.82. The molecule has 0 spiro atoms. The minimum Gasteiger partial charge on any atom is -0.228 e. The van der Waals surface area contributed by atoms with Gasteiger partial charge in [-0.25, -0.2) is 9.97 Å². The van der Waals surface area contributed by atoms with E-state index < -0.39 is 0 Å². The van der Waals surface area contributed by atoms with Crippen molar-refractivity contribution in [2.24, 2.45) is 0 Å². The molecule has 7 aromatic carbocycles. The van der Waals surface area contributed by atoms with Gasteiger partial charge in [0.15, 0.2) is 5.82 Å². The first-order valence-corrected chi connectivity index (χ1v) is 17.3. The van der Waals surface area contributed by atoms with Crippen LogP contribution in [0, 0.1) is 0 Å². The maximum absolute atomic E-state index is 5.06. The summed E-state index contributed by atoms with van der Waals surface area (Å²) >= 11 is 0. The lowest BCUT2D eigenvalue weighted by molar-refractivity contribution is 1.18. The molecule has 2 heteroatoms. The van der Waals surface area contributed by atoms with Crippen LogP contribution in [0.5, 0.6) is 0 Å². The van der Waals surface area contributed by atoms with Gasteiger partial charge in [0.25, 0.3) is 0 Å². The first kappa shape index (κ1) is 31.6. The van der Waals surface area contributed by atoms with E-state index in [4.69, 9.17) is 9.97 Å². The Morgan fingerprint density at radius 2 is 0.667 bits per heavy atom. The smallest absolute Gasteiger partial charge is 0.160 e. The normalized spacial score (nSPS) is 10.9. The number of nitrogens with zero attached hydrogens (tertiary/aromatic N) is 2. The van der Waals surface area contributed by atoms with Gasteiger partial charge in [-0.3, -0.25) is 0 Å². The molecule has 8 rings (SSSR count). The fourth-order valence-electron chi connectivity index (χ4n) is 6.61. The average molecular weight is 653 g/mol. The van der Waals surface area contributed by atoms with Crippen LogP contribution in [0.3, 0.4) is 0 Å². The van der Waals surface area contributed by atoms with Crippen molar-refractivity contribution in [3.05, 3.63) is 206 Å². The predicted octanol–water partition coefficient (Wildman–Crippen LogP) is 12.9. The van der Waals surface area contributed by atoms with Gasteiger partial charge in [0.05, 0.1) is 11.4 Å². The second kappa shape index (κ2) is 14.5. The van der Waals surface area contributed by atoms with Gasteiger partial charge in [-0.2, -0.15) is 0 Å². The van der Waals surface area contributed by atoms with E-state index in [0.29, 0.717) is 5.82 Å². The molecule has 0 saturated heterocycles. The molecule has 0 aliphatic rings. The van der Waals surface area contributed by atoms with Crippen LogP contribution in [0.1, 0.15) is 5.56 Å². The van der Waals surface area contributed by atoms with Gasteiger partial charge in [0.2, 0.25) is 0 Å². The van der Waals surface area contributed by atoms with Gasteiger partial charge < -0.3 is 0 Å². The van der Waals surface area contributed by atoms with Crippen molar-refractivity contribution < 1.29 is 0 Å². The Hall–Kier alpha value is -6.64. The van der Waals surface area contributed by atoms with Crippen molar-refractivity contribution in [2.75, 3.05) is 0 Å². The lowest BCUT2D eigenvalue weighted by Crippen LogP contribution is -1.96. The third-order valence-corrected chi connectivity index (χ3v) is 9.21. The number of benzene rings is 7. The van der Waals surface area contributed by atoms with Crippen molar-refractivity contribution >= 4 is 0 Å². The largest absolute Gasteiger partial charge is 0.228 e. The van der Waals surface area contributed by atoms with Gasteiger partial charge in [0.1, 0.15) is 0 Å². The fourth-order valence-corrected chi connectivity index (χ4v) is 6.61. The monoisotopic (exact) mass is 652 g/mol. The summed E-state index contributed by atoms with van der Waals surface area (Å²) in [6, 6.07) is 66.4. The van der Waals surface area contributed by atoms with Crippen molar-refractivity contribution in [1.82, 2.24) is 9.97 Å². The first-order chi connectivity index (χ1) is 25.2. The molecule has 0 bridgehead atoms. The molecule has 0 aliphatic carbocycles. The van der Waals surface area contributed by atoms with Crippen LogP contribution < -0.4 is 0 Å². The van der Waals surface area contributed by atoms with Crippen LogP contribution in [0.15, 0.2) is 201 Å². The molecule has 2 nitrogen and oxygen atoms in total. The molecule has 1 heterocycles. The first-order valence-electron chi connectivity index (χ1n) is 17.3. The molecule has 0 atom stereocenters. The highest BCUT2D eigenvalue weighted by Gasteiger charge is 2.12. The second-order valence-electron chi connectivity index (χ2n) is 12.7. The lowest BCUT2D eigenvalue weighted by atomic mass is 9.94. The topological polar surface area (TPSA) is 25.8 Å². The van der Waals surface area contributed by atoms with E-state index in [1.807, 2.05) is 42.5 Å². The fraction of sp³-hybridized carbons (Fsp3) is 0.0204. The van der Waals surface area contributed by atoms with Crippen molar-refractivity contribution in [3.8, 4) is 78.4 Å². The minimum absolute atomic E-state index is 0.704. The van der Waals surface area contributed by atoms with E-state index in [1.165, 1.54) is 38.9 Å². The van der Waals surface area contributed by atoms with Gasteiger partial charge in [0, 0.05) is 16.7 Å². The summed E-state index contributed by atoms with van der Waals surface area (Å²) < 4.78 is 0. The van der Waals surface area contributed by atoms with Gasteiger partial charge in [-0.15, -0.1) is 6.58 Å². The molecular weight excluding hydrogens is 617 g/mol. The SMILES string of the molecule is C=CCc1cccc(-c2cccc(-c3cccc(-c4cccc(-c5cccc(-c6nc(-c7ccccc7)cc(-c7ccccc7)n6)c5)c4)c3)c2)c1. The van der Waals surface area contributed by atoms with E-state index >= 15 is 0 Å². The van der Waals surface area contributed by atoms with Crippen molar-refractivity contribution in [2.45, 2.75) is 6.42 Å². The third-order valence-electron chi connectivity index (χ3n) is 9.21. The van der Waals surface area contributed by atoms with Crippen LogP contribution in [0.4, 0.5) is 0 Å². The molecule has 51 heavy (non-hydrogen) atoms. The number of allylic oxidation sites excluding steroid dienone is 1. The Balaban J connectivity index is 1.12. The van der Waals surface area contributed by atoms with Gasteiger partial charge in [-0.1, -0.05) is 164 Å². The standard InChI is InChI=1S/C49H36N2/c1-2-14-35-15-9-20-38(29-35)39-21-10-22-40(30-39)41-23-11-24-42(31-41)43-25-12-26-44(32-43)45-27-13-28-46(33-45)49-50-47(36-16-5-3-6-17-36)34-48(51-49)37-18-7-4-8-19-37/h2-13,15-34H,1,14H2. The van der Waals surface area contributed by atoms with Crippen LogP contribution in [0.25, 0.3) is 78.4 Å². The number of hydrogen-bond acceptors (Lipinski definition) is 2. The molecule has 0 amide bonds. The summed E-state index contributed by atoms with van der Waals surface area (Å²) in [5.74, 6) is 0.704.